The Morgan fingerprint density at radius 1 is 1.29 bits per heavy atom. The van der Waals surface area contributed by atoms with Gasteiger partial charge in [0, 0.05) is 41.8 Å². The van der Waals surface area contributed by atoms with E-state index in [1.807, 2.05) is 18.5 Å². The van der Waals surface area contributed by atoms with Crippen LogP contribution in [0.4, 0.5) is 0 Å². The highest BCUT2D eigenvalue weighted by molar-refractivity contribution is 9.10. The Kier molecular flexibility index (Phi) is 4.23. The molecule has 0 radical (unpaired) electrons. The number of nitrogens with zero attached hydrogens (tertiary/aromatic N) is 2. The predicted octanol–water partition coefficient (Wildman–Crippen LogP) is 3.09. The molecule has 2 aromatic rings. The van der Waals surface area contributed by atoms with Crippen LogP contribution in [0.15, 0.2) is 47.5 Å². The van der Waals surface area contributed by atoms with Gasteiger partial charge in [-0.2, -0.15) is 0 Å². The molecule has 88 valence electrons. The van der Waals surface area contributed by atoms with E-state index in [4.69, 9.17) is 0 Å². The maximum atomic E-state index is 4.14. The van der Waals surface area contributed by atoms with Crippen LogP contribution in [0.2, 0.25) is 0 Å². The monoisotopic (exact) mass is 291 g/mol. The SMILES string of the molecule is CC(NCc1cncc(Br)c1)c1cccnc1. The molecule has 17 heavy (non-hydrogen) atoms. The van der Waals surface area contributed by atoms with Crippen LogP contribution in [0, 0.1) is 0 Å². The molecule has 2 heterocycles. The standard InChI is InChI=1S/C13H14BrN3/c1-10(12-3-2-4-15-8-12)17-7-11-5-13(14)9-16-6-11/h2-6,8-10,17H,7H2,1H3. The molecule has 0 saturated heterocycles. The summed E-state index contributed by atoms with van der Waals surface area (Å²) in [6.07, 6.45) is 7.33. The molecule has 1 N–H and O–H groups in total. The van der Waals surface area contributed by atoms with Crippen LogP contribution in [-0.4, -0.2) is 9.97 Å². The second kappa shape index (κ2) is 5.89. The lowest BCUT2D eigenvalue weighted by molar-refractivity contribution is 0.572. The highest BCUT2D eigenvalue weighted by atomic mass is 79.9. The quantitative estimate of drug-likeness (QED) is 0.941. The second-order valence-corrected chi connectivity index (χ2v) is 4.82. The van der Waals surface area contributed by atoms with E-state index in [0.29, 0.717) is 0 Å². The molecule has 0 spiro atoms. The molecule has 1 atom stereocenters. The topological polar surface area (TPSA) is 37.8 Å². The summed E-state index contributed by atoms with van der Waals surface area (Å²) < 4.78 is 1.01. The zero-order chi connectivity index (χ0) is 12.1. The summed E-state index contributed by atoms with van der Waals surface area (Å²) in [6, 6.07) is 6.37. The molecule has 1 unspecified atom stereocenters. The molecule has 4 heteroatoms. The molecular formula is C13H14BrN3. The molecule has 0 amide bonds. The Morgan fingerprint density at radius 2 is 2.18 bits per heavy atom. The highest BCUT2D eigenvalue weighted by Crippen LogP contribution is 2.13. The first kappa shape index (κ1) is 12.2. The van der Waals surface area contributed by atoms with Gasteiger partial charge in [0.15, 0.2) is 0 Å². The maximum Gasteiger partial charge on any atom is 0.0410 e. The highest BCUT2D eigenvalue weighted by Gasteiger charge is 2.04. The third kappa shape index (κ3) is 3.61. The van der Waals surface area contributed by atoms with Crippen LogP contribution in [0.1, 0.15) is 24.1 Å². The van der Waals surface area contributed by atoms with Crippen molar-refractivity contribution >= 4 is 15.9 Å². The van der Waals surface area contributed by atoms with Gasteiger partial charge in [-0.15, -0.1) is 0 Å². The molecule has 0 aliphatic carbocycles. The fourth-order valence-electron chi connectivity index (χ4n) is 1.57. The molecule has 0 fully saturated rings. The van der Waals surface area contributed by atoms with Gasteiger partial charge >= 0.3 is 0 Å². The molecular weight excluding hydrogens is 278 g/mol. The van der Waals surface area contributed by atoms with Crippen molar-refractivity contribution in [3.8, 4) is 0 Å². The van der Waals surface area contributed by atoms with Crippen molar-refractivity contribution in [3.63, 3.8) is 0 Å². The van der Waals surface area contributed by atoms with E-state index in [2.05, 4.69) is 50.3 Å². The third-order valence-electron chi connectivity index (χ3n) is 2.56. The van der Waals surface area contributed by atoms with Gasteiger partial charge < -0.3 is 5.32 Å². The Balaban J connectivity index is 1.95. The Bertz CT molecular complexity index is 473. The minimum absolute atomic E-state index is 0.280. The summed E-state index contributed by atoms with van der Waals surface area (Å²) in [7, 11) is 0. The van der Waals surface area contributed by atoms with Crippen LogP contribution in [0.5, 0.6) is 0 Å². The zero-order valence-corrected chi connectivity index (χ0v) is 11.2. The third-order valence-corrected chi connectivity index (χ3v) is 2.99. The van der Waals surface area contributed by atoms with Crippen molar-refractivity contribution in [3.05, 3.63) is 58.6 Å². The first-order chi connectivity index (χ1) is 8.25. The lowest BCUT2D eigenvalue weighted by Gasteiger charge is -2.13. The van der Waals surface area contributed by atoms with E-state index in [1.54, 1.807) is 12.4 Å². The fraction of sp³-hybridized carbons (Fsp3) is 0.231. The Labute approximate surface area is 109 Å². The van der Waals surface area contributed by atoms with Gasteiger partial charge in [-0.25, -0.2) is 0 Å². The summed E-state index contributed by atoms with van der Waals surface area (Å²) in [4.78, 5) is 8.25. The second-order valence-electron chi connectivity index (χ2n) is 3.90. The number of aromatic nitrogens is 2. The van der Waals surface area contributed by atoms with Gasteiger partial charge in [0.1, 0.15) is 0 Å². The number of hydrogen-bond donors (Lipinski definition) is 1. The Hall–Kier alpha value is -1.26. The maximum absolute atomic E-state index is 4.14. The largest absolute Gasteiger partial charge is 0.306 e. The van der Waals surface area contributed by atoms with Crippen molar-refractivity contribution in [2.45, 2.75) is 19.5 Å². The van der Waals surface area contributed by atoms with E-state index in [9.17, 15) is 0 Å². The van der Waals surface area contributed by atoms with E-state index in [1.165, 1.54) is 5.56 Å². The average Bonchev–Trinajstić information content (AvgIpc) is 2.37. The summed E-state index contributed by atoms with van der Waals surface area (Å²) in [5, 5.41) is 3.44. The normalized spacial score (nSPS) is 12.4. The number of nitrogens with one attached hydrogen (secondary N) is 1. The summed E-state index contributed by atoms with van der Waals surface area (Å²) >= 11 is 3.41. The van der Waals surface area contributed by atoms with Gasteiger partial charge in [-0.3, -0.25) is 9.97 Å². The van der Waals surface area contributed by atoms with Gasteiger partial charge in [0.05, 0.1) is 0 Å². The van der Waals surface area contributed by atoms with E-state index < -0.39 is 0 Å². The number of rotatable bonds is 4. The predicted molar refractivity (Wildman–Crippen MR) is 71.4 cm³/mol. The first-order valence-corrected chi connectivity index (χ1v) is 6.28. The molecule has 3 nitrogen and oxygen atoms in total. The van der Waals surface area contributed by atoms with Crippen LogP contribution in [-0.2, 0) is 6.54 Å². The van der Waals surface area contributed by atoms with Gasteiger partial charge in [0.25, 0.3) is 0 Å². The van der Waals surface area contributed by atoms with Crippen LogP contribution in [0.25, 0.3) is 0 Å². The number of pyridine rings is 2. The average molecular weight is 292 g/mol. The lowest BCUT2D eigenvalue weighted by atomic mass is 10.1. The molecule has 0 aromatic carbocycles. The van der Waals surface area contributed by atoms with Gasteiger partial charge in [-0.1, -0.05) is 6.07 Å². The van der Waals surface area contributed by atoms with Crippen molar-refractivity contribution < 1.29 is 0 Å². The molecule has 0 saturated carbocycles. The van der Waals surface area contributed by atoms with Crippen molar-refractivity contribution in [2.24, 2.45) is 0 Å². The van der Waals surface area contributed by atoms with Crippen LogP contribution < -0.4 is 5.32 Å². The van der Waals surface area contributed by atoms with Crippen molar-refractivity contribution in [2.75, 3.05) is 0 Å². The lowest BCUT2D eigenvalue weighted by Crippen LogP contribution is -2.18. The van der Waals surface area contributed by atoms with Crippen LogP contribution in [0.3, 0.4) is 0 Å². The minimum Gasteiger partial charge on any atom is -0.306 e. The fourth-order valence-corrected chi connectivity index (χ4v) is 1.99. The number of hydrogen-bond acceptors (Lipinski definition) is 3. The van der Waals surface area contributed by atoms with Crippen molar-refractivity contribution in [1.29, 1.82) is 0 Å². The Morgan fingerprint density at radius 3 is 2.88 bits per heavy atom. The molecule has 0 aliphatic heterocycles. The molecule has 2 rings (SSSR count). The van der Waals surface area contributed by atoms with Gasteiger partial charge in [0.2, 0.25) is 0 Å². The van der Waals surface area contributed by atoms with Crippen molar-refractivity contribution in [1.82, 2.24) is 15.3 Å². The number of halogens is 1. The van der Waals surface area contributed by atoms with E-state index in [-0.39, 0.29) is 6.04 Å². The van der Waals surface area contributed by atoms with E-state index in [0.717, 1.165) is 16.6 Å². The smallest absolute Gasteiger partial charge is 0.0410 e. The summed E-state index contributed by atoms with van der Waals surface area (Å²) in [5.41, 5.74) is 2.35. The minimum atomic E-state index is 0.280. The van der Waals surface area contributed by atoms with Gasteiger partial charge in [-0.05, 0) is 46.1 Å². The van der Waals surface area contributed by atoms with Crippen LogP contribution >= 0.6 is 15.9 Å². The summed E-state index contributed by atoms with van der Waals surface area (Å²) in [5.74, 6) is 0. The molecule has 0 bridgehead atoms. The summed E-state index contributed by atoms with van der Waals surface area (Å²) in [6.45, 7) is 2.92. The van der Waals surface area contributed by atoms with E-state index >= 15 is 0 Å². The molecule has 0 aliphatic rings. The zero-order valence-electron chi connectivity index (χ0n) is 9.60. The molecule has 2 aromatic heterocycles. The first-order valence-electron chi connectivity index (χ1n) is 5.48.